The second kappa shape index (κ2) is 6.86. The summed E-state index contributed by atoms with van der Waals surface area (Å²) in [6.07, 6.45) is 0.287. The van der Waals surface area contributed by atoms with E-state index in [1.807, 2.05) is 37.3 Å². The number of carbonyl (C=O) groups is 1. The lowest BCUT2D eigenvalue weighted by molar-refractivity contribution is -0.139. The van der Waals surface area contributed by atoms with Gasteiger partial charge >= 0.3 is 5.97 Å². The number of benzene rings is 1. The fourth-order valence-electron chi connectivity index (χ4n) is 1.95. The van der Waals surface area contributed by atoms with E-state index in [0.717, 1.165) is 22.6 Å². The first-order valence-electron chi connectivity index (χ1n) is 6.45. The number of methoxy groups -OCH3 is 1. The molecular weight excluding hydrogens is 256 g/mol. The molecular formula is C15H18N2O3. The van der Waals surface area contributed by atoms with Crippen molar-refractivity contribution in [3.05, 3.63) is 52.9 Å². The highest BCUT2D eigenvalue weighted by atomic mass is 16.5. The zero-order chi connectivity index (χ0) is 14.4. The maximum atomic E-state index is 11.4. The standard InChI is InChI=1S/C15H18N2O3/c1-11-7-14(20-17-11)10-16-9-13-6-4-3-5-12(13)8-15(18)19-2/h3-7,16H,8-10H2,1-2H3. The highest BCUT2D eigenvalue weighted by Crippen LogP contribution is 2.10. The number of carbonyl (C=O) groups excluding carboxylic acids is 1. The van der Waals surface area contributed by atoms with Crippen molar-refractivity contribution in [2.45, 2.75) is 26.4 Å². The minimum Gasteiger partial charge on any atom is -0.469 e. The normalized spacial score (nSPS) is 10.5. The number of nitrogens with zero attached hydrogens (tertiary/aromatic N) is 1. The van der Waals surface area contributed by atoms with Crippen LogP contribution in [-0.4, -0.2) is 18.2 Å². The molecule has 5 heteroatoms. The quantitative estimate of drug-likeness (QED) is 0.816. The molecule has 2 rings (SSSR count). The molecule has 0 bridgehead atoms. The highest BCUT2D eigenvalue weighted by Gasteiger charge is 2.08. The van der Waals surface area contributed by atoms with Gasteiger partial charge in [-0.15, -0.1) is 0 Å². The summed E-state index contributed by atoms with van der Waals surface area (Å²) in [4.78, 5) is 11.4. The number of aromatic nitrogens is 1. The molecule has 0 unspecified atom stereocenters. The zero-order valence-electron chi connectivity index (χ0n) is 11.7. The molecule has 0 amide bonds. The minimum atomic E-state index is -0.233. The van der Waals surface area contributed by atoms with E-state index in [9.17, 15) is 4.79 Å². The minimum absolute atomic E-state index is 0.233. The van der Waals surface area contributed by atoms with E-state index in [1.165, 1.54) is 7.11 Å². The van der Waals surface area contributed by atoms with Gasteiger partial charge in [0, 0.05) is 12.6 Å². The van der Waals surface area contributed by atoms with E-state index >= 15 is 0 Å². The van der Waals surface area contributed by atoms with Gasteiger partial charge in [0.05, 0.1) is 25.8 Å². The van der Waals surface area contributed by atoms with Crippen LogP contribution < -0.4 is 5.32 Å². The molecule has 5 nitrogen and oxygen atoms in total. The summed E-state index contributed by atoms with van der Waals surface area (Å²) < 4.78 is 9.83. The van der Waals surface area contributed by atoms with Crippen molar-refractivity contribution in [1.29, 1.82) is 0 Å². The van der Waals surface area contributed by atoms with Gasteiger partial charge in [-0.25, -0.2) is 0 Å². The van der Waals surface area contributed by atoms with Gasteiger partial charge in [-0.3, -0.25) is 4.79 Å². The third-order valence-corrected chi connectivity index (χ3v) is 2.97. The molecule has 0 aliphatic heterocycles. The number of hydrogen-bond donors (Lipinski definition) is 1. The first kappa shape index (κ1) is 14.3. The van der Waals surface area contributed by atoms with E-state index in [-0.39, 0.29) is 12.4 Å². The Kier molecular flexibility index (Phi) is 4.90. The van der Waals surface area contributed by atoms with E-state index in [4.69, 9.17) is 9.26 Å². The summed E-state index contributed by atoms with van der Waals surface area (Å²) in [6.45, 7) is 3.15. The van der Waals surface area contributed by atoms with Crippen molar-refractivity contribution in [1.82, 2.24) is 10.5 Å². The molecule has 0 saturated heterocycles. The topological polar surface area (TPSA) is 64.4 Å². The molecule has 0 aliphatic rings. The third-order valence-electron chi connectivity index (χ3n) is 2.97. The van der Waals surface area contributed by atoms with Gasteiger partial charge in [0.15, 0.2) is 5.76 Å². The van der Waals surface area contributed by atoms with Crippen LogP contribution in [0, 0.1) is 6.92 Å². The second-order valence-electron chi connectivity index (χ2n) is 4.56. The first-order chi connectivity index (χ1) is 9.69. The Balaban J connectivity index is 1.93. The summed E-state index contributed by atoms with van der Waals surface area (Å²) >= 11 is 0. The fraction of sp³-hybridized carbons (Fsp3) is 0.333. The van der Waals surface area contributed by atoms with E-state index in [2.05, 4.69) is 10.5 Å². The number of hydrogen-bond acceptors (Lipinski definition) is 5. The van der Waals surface area contributed by atoms with Gasteiger partial charge in [0.1, 0.15) is 0 Å². The van der Waals surface area contributed by atoms with Crippen molar-refractivity contribution in [2.24, 2.45) is 0 Å². The predicted molar refractivity (Wildman–Crippen MR) is 73.9 cm³/mol. The van der Waals surface area contributed by atoms with Gasteiger partial charge in [-0.05, 0) is 18.1 Å². The largest absolute Gasteiger partial charge is 0.469 e. The predicted octanol–water partition coefficient (Wildman–Crippen LogP) is 1.99. The smallest absolute Gasteiger partial charge is 0.309 e. The Hall–Kier alpha value is -2.14. The molecule has 0 radical (unpaired) electrons. The van der Waals surface area contributed by atoms with Crippen LogP contribution in [-0.2, 0) is 29.0 Å². The van der Waals surface area contributed by atoms with Crippen molar-refractivity contribution < 1.29 is 14.1 Å². The van der Waals surface area contributed by atoms with E-state index in [0.29, 0.717) is 13.1 Å². The van der Waals surface area contributed by atoms with Crippen molar-refractivity contribution in [2.75, 3.05) is 7.11 Å². The van der Waals surface area contributed by atoms with Crippen LogP contribution >= 0.6 is 0 Å². The first-order valence-corrected chi connectivity index (χ1v) is 6.45. The van der Waals surface area contributed by atoms with Gasteiger partial charge in [0.2, 0.25) is 0 Å². The van der Waals surface area contributed by atoms with Crippen LogP contribution in [0.3, 0.4) is 0 Å². The molecule has 20 heavy (non-hydrogen) atoms. The van der Waals surface area contributed by atoms with Crippen LogP contribution in [0.4, 0.5) is 0 Å². The highest BCUT2D eigenvalue weighted by molar-refractivity contribution is 5.72. The Morgan fingerprint density at radius 2 is 2.05 bits per heavy atom. The number of rotatable bonds is 6. The monoisotopic (exact) mass is 274 g/mol. The zero-order valence-corrected chi connectivity index (χ0v) is 11.7. The van der Waals surface area contributed by atoms with Gasteiger partial charge < -0.3 is 14.6 Å². The summed E-state index contributed by atoms with van der Waals surface area (Å²) in [7, 11) is 1.40. The van der Waals surface area contributed by atoms with Crippen LogP contribution in [0.25, 0.3) is 0 Å². The Morgan fingerprint density at radius 3 is 2.70 bits per heavy atom. The Morgan fingerprint density at radius 1 is 1.30 bits per heavy atom. The Labute approximate surface area is 117 Å². The van der Waals surface area contributed by atoms with Crippen molar-refractivity contribution >= 4 is 5.97 Å². The molecule has 2 aromatic rings. The number of ether oxygens (including phenoxy) is 1. The maximum Gasteiger partial charge on any atom is 0.309 e. The van der Waals surface area contributed by atoms with E-state index < -0.39 is 0 Å². The molecule has 0 fully saturated rings. The summed E-state index contributed by atoms with van der Waals surface area (Å²) in [5.41, 5.74) is 2.92. The van der Waals surface area contributed by atoms with Crippen LogP contribution in [0.5, 0.6) is 0 Å². The molecule has 1 aromatic carbocycles. The third kappa shape index (κ3) is 3.93. The molecule has 106 valence electrons. The molecule has 0 aliphatic carbocycles. The summed E-state index contributed by atoms with van der Waals surface area (Å²) in [5, 5.41) is 7.11. The lowest BCUT2D eigenvalue weighted by Gasteiger charge is -2.09. The van der Waals surface area contributed by atoms with Crippen LogP contribution in [0.1, 0.15) is 22.6 Å². The average molecular weight is 274 g/mol. The molecule has 1 heterocycles. The second-order valence-corrected chi connectivity index (χ2v) is 4.56. The lowest BCUT2D eigenvalue weighted by Crippen LogP contribution is -2.15. The molecule has 1 N–H and O–H groups in total. The lowest BCUT2D eigenvalue weighted by atomic mass is 10.0. The molecule has 1 aromatic heterocycles. The van der Waals surface area contributed by atoms with Crippen molar-refractivity contribution in [3.63, 3.8) is 0 Å². The SMILES string of the molecule is COC(=O)Cc1ccccc1CNCc1cc(C)no1. The molecule has 0 spiro atoms. The maximum absolute atomic E-state index is 11.4. The Bertz CT molecular complexity index is 578. The summed E-state index contributed by atoms with van der Waals surface area (Å²) in [5.74, 6) is 0.566. The average Bonchev–Trinajstić information content (AvgIpc) is 2.86. The van der Waals surface area contributed by atoms with E-state index in [1.54, 1.807) is 0 Å². The van der Waals surface area contributed by atoms with Gasteiger partial charge in [0.25, 0.3) is 0 Å². The van der Waals surface area contributed by atoms with Crippen molar-refractivity contribution in [3.8, 4) is 0 Å². The number of aryl methyl sites for hydroxylation is 1. The van der Waals surface area contributed by atoms with Gasteiger partial charge in [-0.1, -0.05) is 29.4 Å². The molecule has 0 saturated carbocycles. The summed E-state index contributed by atoms with van der Waals surface area (Å²) in [6, 6.07) is 9.70. The fourth-order valence-corrected chi connectivity index (χ4v) is 1.95. The molecule has 0 atom stereocenters. The van der Waals surface area contributed by atoms with Crippen LogP contribution in [0.2, 0.25) is 0 Å². The number of nitrogens with one attached hydrogen (secondary N) is 1. The van der Waals surface area contributed by atoms with Gasteiger partial charge in [-0.2, -0.15) is 0 Å². The van der Waals surface area contributed by atoms with Crippen LogP contribution in [0.15, 0.2) is 34.9 Å². The number of esters is 1.